The molecular formula is C10H13F2NO. The maximum Gasteiger partial charge on any atom is 0.147 e. The molecule has 0 aliphatic heterocycles. The van der Waals surface area contributed by atoms with Gasteiger partial charge in [0.05, 0.1) is 11.8 Å². The van der Waals surface area contributed by atoms with Crippen molar-refractivity contribution < 1.29 is 13.9 Å². The normalized spacial score (nSPS) is 12.7. The van der Waals surface area contributed by atoms with Crippen LogP contribution in [-0.4, -0.2) is 19.2 Å². The Balaban J connectivity index is 3.42. The molecule has 0 aliphatic rings. The number of rotatable bonds is 2. The van der Waals surface area contributed by atoms with Crippen LogP contribution in [0.1, 0.15) is 18.6 Å². The lowest BCUT2D eigenvalue weighted by Gasteiger charge is -2.20. The molecule has 0 radical (unpaired) electrons. The van der Waals surface area contributed by atoms with E-state index >= 15 is 0 Å². The van der Waals surface area contributed by atoms with Gasteiger partial charge in [-0.3, -0.25) is 0 Å². The summed E-state index contributed by atoms with van der Waals surface area (Å²) >= 11 is 0. The molecule has 0 saturated heterocycles. The van der Waals surface area contributed by atoms with Gasteiger partial charge in [0.15, 0.2) is 0 Å². The summed E-state index contributed by atoms with van der Waals surface area (Å²) in [6.07, 6.45) is -1.02. The number of hydrogen-bond donors (Lipinski definition) is 1. The van der Waals surface area contributed by atoms with Gasteiger partial charge >= 0.3 is 0 Å². The lowest BCUT2D eigenvalue weighted by molar-refractivity contribution is 0.194. The number of aliphatic hydroxyl groups is 1. The zero-order chi connectivity index (χ0) is 10.9. The summed E-state index contributed by atoms with van der Waals surface area (Å²) in [5.74, 6) is -1.13. The van der Waals surface area contributed by atoms with E-state index in [1.165, 1.54) is 11.8 Å². The van der Waals surface area contributed by atoms with Crippen LogP contribution in [0.2, 0.25) is 0 Å². The molecule has 1 unspecified atom stereocenters. The van der Waals surface area contributed by atoms with Crippen LogP contribution in [0.3, 0.4) is 0 Å². The van der Waals surface area contributed by atoms with Gasteiger partial charge in [-0.15, -0.1) is 0 Å². The van der Waals surface area contributed by atoms with Gasteiger partial charge in [-0.05, 0) is 19.1 Å². The van der Waals surface area contributed by atoms with E-state index in [1.54, 1.807) is 14.1 Å². The molecule has 1 aromatic rings. The fraction of sp³-hybridized carbons (Fsp3) is 0.400. The molecule has 2 nitrogen and oxygen atoms in total. The molecule has 78 valence electrons. The summed E-state index contributed by atoms with van der Waals surface area (Å²) in [5, 5.41) is 9.33. The van der Waals surface area contributed by atoms with Crippen molar-refractivity contribution in [2.24, 2.45) is 0 Å². The van der Waals surface area contributed by atoms with Gasteiger partial charge in [-0.1, -0.05) is 0 Å². The van der Waals surface area contributed by atoms with Gasteiger partial charge in [0.1, 0.15) is 11.6 Å². The van der Waals surface area contributed by atoms with E-state index in [1.807, 2.05) is 0 Å². The number of benzene rings is 1. The van der Waals surface area contributed by atoms with Crippen LogP contribution in [0.25, 0.3) is 0 Å². The highest BCUT2D eigenvalue weighted by Gasteiger charge is 2.18. The van der Waals surface area contributed by atoms with Crippen molar-refractivity contribution in [1.82, 2.24) is 0 Å². The summed E-state index contributed by atoms with van der Waals surface area (Å²) in [7, 11) is 3.20. The fourth-order valence-corrected chi connectivity index (χ4v) is 1.41. The fourth-order valence-electron chi connectivity index (χ4n) is 1.41. The van der Waals surface area contributed by atoms with Crippen LogP contribution in [0, 0.1) is 11.6 Å². The quantitative estimate of drug-likeness (QED) is 0.791. The van der Waals surface area contributed by atoms with E-state index in [0.717, 1.165) is 12.1 Å². The van der Waals surface area contributed by atoms with Gasteiger partial charge in [-0.25, -0.2) is 8.78 Å². The molecule has 1 N–H and O–H groups in total. The summed E-state index contributed by atoms with van der Waals surface area (Å²) in [4.78, 5) is 1.44. The zero-order valence-electron chi connectivity index (χ0n) is 8.38. The Labute approximate surface area is 81.8 Å². The maximum absolute atomic E-state index is 13.3. The number of nitrogens with zero attached hydrogens (tertiary/aromatic N) is 1. The first-order chi connectivity index (χ1) is 6.45. The van der Waals surface area contributed by atoms with Crippen molar-refractivity contribution in [3.63, 3.8) is 0 Å². The minimum absolute atomic E-state index is 0.00463. The van der Waals surface area contributed by atoms with Crippen LogP contribution in [0.4, 0.5) is 14.5 Å². The highest BCUT2D eigenvalue weighted by Crippen LogP contribution is 2.30. The lowest BCUT2D eigenvalue weighted by Crippen LogP contribution is -2.15. The largest absolute Gasteiger partial charge is 0.389 e. The van der Waals surface area contributed by atoms with Crippen molar-refractivity contribution in [2.45, 2.75) is 13.0 Å². The smallest absolute Gasteiger partial charge is 0.147 e. The van der Waals surface area contributed by atoms with Crippen molar-refractivity contribution in [3.05, 3.63) is 29.3 Å². The van der Waals surface area contributed by atoms with Crippen molar-refractivity contribution in [3.8, 4) is 0 Å². The van der Waals surface area contributed by atoms with Gasteiger partial charge in [0, 0.05) is 19.7 Å². The van der Waals surface area contributed by atoms with Gasteiger partial charge < -0.3 is 10.0 Å². The predicted octanol–water partition coefficient (Wildman–Crippen LogP) is 2.08. The van der Waals surface area contributed by atoms with E-state index in [9.17, 15) is 13.9 Å². The summed E-state index contributed by atoms with van der Waals surface area (Å²) in [6, 6.07) is 2.07. The van der Waals surface area contributed by atoms with Crippen LogP contribution in [0.5, 0.6) is 0 Å². The van der Waals surface area contributed by atoms with E-state index in [4.69, 9.17) is 0 Å². The third kappa shape index (κ3) is 1.85. The molecule has 4 heteroatoms. The van der Waals surface area contributed by atoms with Crippen molar-refractivity contribution >= 4 is 5.69 Å². The predicted molar refractivity (Wildman–Crippen MR) is 51.3 cm³/mol. The topological polar surface area (TPSA) is 23.5 Å². The molecule has 14 heavy (non-hydrogen) atoms. The van der Waals surface area contributed by atoms with Crippen LogP contribution in [-0.2, 0) is 0 Å². The molecule has 0 aromatic heterocycles. The Kier molecular flexibility index (Phi) is 3.06. The molecule has 0 heterocycles. The molecule has 1 atom stereocenters. The van der Waals surface area contributed by atoms with E-state index in [0.29, 0.717) is 0 Å². The molecule has 0 saturated carbocycles. The average Bonchev–Trinajstić information content (AvgIpc) is 2.07. The SMILES string of the molecule is CC(O)c1c(F)ccc(F)c1N(C)C. The molecule has 0 bridgehead atoms. The standard InChI is InChI=1S/C10H13F2NO/c1-6(14)9-7(11)4-5-8(12)10(9)13(2)3/h4-6,14H,1-3H3. The molecule has 0 amide bonds. The number of aliphatic hydroxyl groups excluding tert-OH is 1. The molecule has 1 aromatic carbocycles. The monoisotopic (exact) mass is 201 g/mol. The minimum atomic E-state index is -1.02. The third-order valence-electron chi connectivity index (χ3n) is 1.98. The number of hydrogen-bond acceptors (Lipinski definition) is 2. The van der Waals surface area contributed by atoms with E-state index in [-0.39, 0.29) is 11.3 Å². The maximum atomic E-state index is 13.3. The molecule has 1 rings (SSSR count). The molecule has 0 fully saturated rings. The van der Waals surface area contributed by atoms with Gasteiger partial charge in [-0.2, -0.15) is 0 Å². The Morgan fingerprint density at radius 2 is 1.71 bits per heavy atom. The van der Waals surface area contributed by atoms with Gasteiger partial charge in [0.25, 0.3) is 0 Å². The van der Waals surface area contributed by atoms with Crippen molar-refractivity contribution in [1.29, 1.82) is 0 Å². The lowest BCUT2D eigenvalue weighted by atomic mass is 10.1. The van der Waals surface area contributed by atoms with Crippen LogP contribution >= 0.6 is 0 Å². The van der Waals surface area contributed by atoms with E-state index in [2.05, 4.69) is 0 Å². The summed E-state index contributed by atoms with van der Waals surface area (Å²) < 4.78 is 26.6. The average molecular weight is 201 g/mol. The first-order valence-corrected chi connectivity index (χ1v) is 4.28. The zero-order valence-corrected chi connectivity index (χ0v) is 8.38. The van der Waals surface area contributed by atoms with Crippen LogP contribution < -0.4 is 4.90 Å². The molecule has 0 spiro atoms. The summed E-state index contributed by atoms with van der Waals surface area (Å²) in [6.45, 7) is 1.41. The third-order valence-corrected chi connectivity index (χ3v) is 1.98. The van der Waals surface area contributed by atoms with E-state index < -0.39 is 17.7 Å². The first kappa shape index (κ1) is 10.9. The molecular weight excluding hydrogens is 188 g/mol. The highest BCUT2D eigenvalue weighted by molar-refractivity contribution is 5.55. The molecule has 0 aliphatic carbocycles. The highest BCUT2D eigenvalue weighted by atomic mass is 19.1. The second kappa shape index (κ2) is 3.92. The Morgan fingerprint density at radius 1 is 1.21 bits per heavy atom. The Bertz CT molecular complexity index is 304. The van der Waals surface area contributed by atoms with Gasteiger partial charge in [0.2, 0.25) is 0 Å². The second-order valence-electron chi connectivity index (χ2n) is 3.36. The Morgan fingerprint density at radius 3 is 2.07 bits per heavy atom. The van der Waals surface area contributed by atoms with Crippen molar-refractivity contribution in [2.75, 3.05) is 19.0 Å². The summed E-state index contributed by atoms with van der Waals surface area (Å²) in [5.41, 5.74) is 0.0926. The second-order valence-corrected chi connectivity index (χ2v) is 3.36. The Hall–Kier alpha value is -1.16. The number of anilines is 1. The number of halogens is 2. The first-order valence-electron chi connectivity index (χ1n) is 4.28. The minimum Gasteiger partial charge on any atom is -0.389 e. The van der Waals surface area contributed by atoms with Crippen LogP contribution in [0.15, 0.2) is 12.1 Å².